The molecule has 106 valence electrons. The highest BCUT2D eigenvalue weighted by Crippen LogP contribution is 2.28. The Balaban J connectivity index is 2.11. The van der Waals surface area contributed by atoms with Gasteiger partial charge < -0.3 is 5.32 Å². The molecule has 0 aliphatic heterocycles. The Hall–Kier alpha value is -1.78. The number of para-hydroxylation sites is 1. The second-order valence-corrected chi connectivity index (χ2v) is 5.76. The summed E-state index contributed by atoms with van der Waals surface area (Å²) in [7, 11) is 1.82. The molecule has 1 N–H and O–H groups in total. The summed E-state index contributed by atoms with van der Waals surface area (Å²) in [5.74, 6) is -0.231. The summed E-state index contributed by atoms with van der Waals surface area (Å²) in [5.41, 5.74) is 2.47. The minimum atomic E-state index is -0.236. The molecule has 1 aromatic heterocycles. The Morgan fingerprint density at radius 1 is 1.14 bits per heavy atom. The van der Waals surface area contributed by atoms with Crippen LogP contribution < -0.4 is 5.32 Å². The Kier molecular flexibility index (Phi) is 3.99. The standard InChI is InChI=1S/C17H14BrFN2/c1-20-17(14-9-13(18)6-7-15(14)19)12-8-11-4-2-3-5-16(11)21-10-12/h2-10,17,20H,1H3. The van der Waals surface area contributed by atoms with Gasteiger partial charge in [0.05, 0.1) is 11.6 Å². The zero-order valence-electron chi connectivity index (χ0n) is 11.5. The summed E-state index contributed by atoms with van der Waals surface area (Å²) in [6, 6.07) is 14.7. The fourth-order valence-corrected chi connectivity index (χ4v) is 2.86. The minimum absolute atomic E-state index is 0.231. The number of nitrogens with one attached hydrogen (secondary N) is 1. The van der Waals surface area contributed by atoms with Gasteiger partial charge in [-0.2, -0.15) is 0 Å². The molecule has 1 heterocycles. The van der Waals surface area contributed by atoms with Crippen LogP contribution in [-0.2, 0) is 0 Å². The third kappa shape index (κ3) is 2.82. The lowest BCUT2D eigenvalue weighted by atomic mass is 9.98. The predicted molar refractivity (Wildman–Crippen MR) is 86.7 cm³/mol. The van der Waals surface area contributed by atoms with Crippen LogP contribution in [0.25, 0.3) is 10.9 Å². The third-order valence-electron chi connectivity index (χ3n) is 3.50. The fourth-order valence-electron chi connectivity index (χ4n) is 2.48. The van der Waals surface area contributed by atoms with Crippen molar-refractivity contribution in [1.82, 2.24) is 10.3 Å². The number of pyridine rings is 1. The normalized spacial score (nSPS) is 12.5. The van der Waals surface area contributed by atoms with Crippen LogP contribution in [0.5, 0.6) is 0 Å². The second kappa shape index (κ2) is 5.92. The SMILES string of the molecule is CNC(c1cnc2ccccc2c1)c1cc(Br)ccc1F. The number of rotatable bonds is 3. The fraction of sp³-hybridized carbons (Fsp3) is 0.118. The molecule has 1 unspecified atom stereocenters. The third-order valence-corrected chi connectivity index (χ3v) is 4.00. The van der Waals surface area contributed by atoms with Gasteiger partial charge in [0.1, 0.15) is 5.82 Å². The van der Waals surface area contributed by atoms with Crippen molar-refractivity contribution in [3.8, 4) is 0 Å². The van der Waals surface area contributed by atoms with E-state index in [0.29, 0.717) is 5.56 Å². The van der Waals surface area contributed by atoms with E-state index in [2.05, 4.69) is 26.2 Å². The highest BCUT2D eigenvalue weighted by atomic mass is 79.9. The molecular weight excluding hydrogens is 331 g/mol. The first-order valence-electron chi connectivity index (χ1n) is 6.66. The van der Waals surface area contributed by atoms with E-state index in [1.807, 2.05) is 37.4 Å². The average molecular weight is 345 g/mol. The van der Waals surface area contributed by atoms with E-state index in [0.717, 1.165) is 20.9 Å². The molecule has 0 radical (unpaired) electrons. The van der Waals surface area contributed by atoms with Crippen molar-refractivity contribution in [3.05, 3.63) is 76.1 Å². The van der Waals surface area contributed by atoms with Crippen molar-refractivity contribution >= 4 is 26.8 Å². The first-order valence-corrected chi connectivity index (χ1v) is 7.45. The molecule has 0 amide bonds. The van der Waals surface area contributed by atoms with Crippen molar-refractivity contribution in [3.63, 3.8) is 0 Å². The van der Waals surface area contributed by atoms with E-state index >= 15 is 0 Å². The monoisotopic (exact) mass is 344 g/mol. The molecule has 1 atom stereocenters. The molecule has 0 aliphatic rings. The molecule has 0 saturated heterocycles. The molecule has 0 aliphatic carbocycles. The summed E-state index contributed by atoms with van der Waals surface area (Å²) in [4.78, 5) is 4.45. The summed E-state index contributed by atoms with van der Waals surface area (Å²) < 4.78 is 15.0. The van der Waals surface area contributed by atoms with Crippen LogP contribution >= 0.6 is 15.9 Å². The van der Waals surface area contributed by atoms with Crippen molar-refractivity contribution in [2.45, 2.75) is 6.04 Å². The maximum absolute atomic E-state index is 14.1. The largest absolute Gasteiger partial charge is 0.309 e. The van der Waals surface area contributed by atoms with Gasteiger partial charge in [0, 0.05) is 21.6 Å². The highest BCUT2D eigenvalue weighted by Gasteiger charge is 2.17. The van der Waals surface area contributed by atoms with Crippen molar-refractivity contribution < 1.29 is 4.39 Å². The van der Waals surface area contributed by atoms with Crippen LogP contribution in [0.1, 0.15) is 17.2 Å². The quantitative estimate of drug-likeness (QED) is 0.759. The minimum Gasteiger partial charge on any atom is -0.309 e. The molecule has 0 bridgehead atoms. The zero-order valence-corrected chi connectivity index (χ0v) is 13.1. The number of fused-ring (bicyclic) bond motifs is 1. The highest BCUT2D eigenvalue weighted by molar-refractivity contribution is 9.10. The van der Waals surface area contributed by atoms with E-state index in [4.69, 9.17) is 0 Å². The number of aromatic nitrogens is 1. The molecule has 2 nitrogen and oxygen atoms in total. The lowest BCUT2D eigenvalue weighted by Gasteiger charge is -2.18. The Labute approximate surface area is 131 Å². The van der Waals surface area contributed by atoms with E-state index in [9.17, 15) is 4.39 Å². The Morgan fingerprint density at radius 2 is 1.95 bits per heavy atom. The molecule has 4 heteroatoms. The molecule has 3 rings (SSSR count). The van der Waals surface area contributed by atoms with Gasteiger partial charge in [-0.1, -0.05) is 34.1 Å². The maximum Gasteiger partial charge on any atom is 0.128 e. The van der Waals surface area contributed by atoms with Gasteiger partial charge in [-0.05, 0) is 42.9 Å². The van der Waals surface area contributed by atoms with Gasteiger partial charge in [0.15, 0.2) is 0 Å². The molecular formula is C17H14BrFN2. The molecule has 3 aromatic rings. The Bertz CT molecular complexity index is 789. The first kappa shape index (κ1) is 14.2. The number of hydrogen-bond donors (Lipinski definition) is 1. The second-order valence-electron chi connectivity index (χ2n) is 4.85. The number of benzene rings is 2. The molecule has 2 aromatic carbocycles. The van der Waals surface area contributed by atoms with Crippen molar-refractivity contribution in [1.29, 1.82) is 0 Å². The van der Waals surface area contributed by atoms with Gasteiger partial charge in [-0.3, -0.25) is 4.98 Å². The summed E-state index contributed by atoms with van der Waals surface area (Å²) >= 11 is 3.40. The van der Waals surface area contributed by atoms with Crippen LogP contribution in [0.4, 0.5) is 4.39 Å². The maximum atomic E-state index is 14.1. The predicted octanol–water partition coefficient (Wildman–Crippen LogP) is 4.45. The van der Waals surface area contributed by atoms with E-state index in [-0.39, 0.29) is 11.9 Å². The molecule has 0 spiro atoms. The van der Waals surface area contributed by atoms with Crippen LogP contribution in [-0.4, -0.2) is 12.0 Å². The zero-order chi connectivity index (χ0) is 14.8. The van der Waals surface area contributed by atoms with Crippen LogP contribution in [0.2, 0.25) is 0 Å². The van der Waals surface area contributed by atoms with Gasteiger partial charge in [0.25, 0.3) is 0 Å². The molecule has 0 saturated carbocycles. The number of hydrogen-bond acceptors (Lipinski definition) is 2. The number of halogens is 2. The number of nitrogens with zero attached hydrogens (tertiary/aromatic N) is 1. The van der Waals surface area contributed by atoms with Crippen molar-refractivity contribution in [2.75, 3.05) is 7.05 Å². The topological polar surface area (TPSA) is 24.9 Å². The molecule has 0 fully saturated rings. The van der Waals surface area contributed by atoms with E-state index in [1.54, 1.807) is 18.3 Å². The smallest absolute Gasteiger partial charge is 0.128 e. The van der Waals surface area contributed by atoms with E-state index < -0.39 is 0 Å². The summed E-state index contributed by atoms with van der Waals surface area (Å²) in [6.07, 6.45) is 1.80. The lowest BCUT2D eigenvalue weighted by Crippen LogP contribution is -2.19. The van der Waals surface area contributed by atoms with Gasteiger partial charge in [-0.25, -0.2) is 4.39 Å². The van der Waals surface area contributed by atoms with E-state index in [1.165, 1.54) is 6.07 Å². The average Bonchev–Trinajstić information content (AvgIpc) is 2.51. The lowest BCUT2D eigenvalue weighted by molar-refractivity contribution is 0.575. The molecule has 21 heavy (non-hydrogen) atoms. The Morgan fingerprint density at radius 3 is 2.76 bits per heavy atom. The first-order chi connectivity index (χ1) is 10.2. The van der Waals surface area contributed by atoms with Gasteiger partial charge in [-0.15, -0.1) is 0 Å². The van der Waals surface area contributed by atoms with Gasteiger partial charge >= 0.3 is 0 Å². The van der Waals surface area contributed by atoms with Gasteiger partial charge in [0.2, 0.25) is 0 Å². The summed E-state index contributed by atoms with van der Waals surface area (Å²) in [6.45, 7) is 0. The van der Waals surface area contributed by atoms with Crippen LogP contribution in [0.15, 0.2) is 59.2 Å². The van der Waals surface area contributed by atoms with Crippen LogP contribution in [0.3, 0.4) is 0 Å². The van der Waals surface area contributed by atoms with Crippen molar-refractivity contribution in [2.24, 2.45) is 0 Å². The van der Waals surface area contributed by atoms with Crippen LogP contribution in [0, 0.1) is 5.82 Å². The summed E-state index contributed by atoms with van der Waals surface area (Å²) in [5, 5.41) is 4.21.